The molecule has 0 fully saturated rings. The van der Waals surface area contributed by atoms with E-state index in [9.17, 15) is 4.79 Å². The lowest BCUT2D eigenvalue weighted by atomic mass is 10.1. The highest BCUT2D eigenvalue weighted by Crippen LogP contribution is 2.25. The number of carbonyl (C=O) groups excluding carboxylic acids is 1. The number of tetrazole rings is 1. The predicted molar refractivity (Wildman–Crippen MR) is 97.2 cm³/mol. The lowest BCUT2D eigenvalue weighted by Gasteiger charge is -2.06. The summed E-state index contributed by atoms with van der Waals surface area (Å²) in [4.78, 5) is 12.3. The molecule has 0 radical (unpaired) electrons. The first-order valence-corrected chi connectivity index (χ1v) is 8.86. The van der Waals surface area contributed by atoms with E-state index in [2.05, 4.69) is 15.5 Å². The normalized spacial score (nSPS) is 10.7. The molecule has 0 aliphatic heterocycles. The summed E-state index contributed by atoms with van der Waals surface area (Å²) in [6.45, 7) is 0. The summed E-state index contributed by atoms with van der Waals surface area (Å²) in [7, 11) is 1.59. The van der Waals surface area contributed by atoms with Gasteiger partial charge in [0, 0.05) is 11.6 Å². The Kier molecular flexibility index (Phi) is 5.57. The molecule has 0 unspecified atom stereocenters. The van der Waals surface area contributed by atoms with Crippen molar-refractivity contribution in [1.29, 1.82) is 0 Å². The Hall–Kier alpha value is -2.09. The average Bonchev–Trinajstić information content (AvgIpc) is 3.10. The number of ketones is 1. The predicted octanol–water partition coefficient (Wildman–Crippen LogP) is 3.95. The van der Waals surface area contributed by atoms with E-state index in [0.29, 0.717) is 26.5 Å². The second-order valence-electron chi connectivity index (χ2n) is 4.92. The Morgan fingerprint density at radius 3 is 2.80 bits per heavy atom. The molecule has 2 aromatic carbocycles. The minimum absolute atomic E-state index is 0.0937. The van der Waals surface area contributed by atoms with Crippen molar-refractivity contribution < 1.29 is 9.53 Å². The number of hydrogen-bond acceptors (Lipinski definition) is 6. The molecule has 0 aliphatic carbocycles. The van der Waals surface area contributed by atoms with Crippen LogP contribution in [-0.2, 0) is 0 Å². The van der Waals surface area contributed by atoms with E-state index in [1.54, 1.807) is 36.1 Å². The van der Waals surface area contributed by atoms with E-state index >= 15 is 0 Å². The van der Waals surface area contributed by atoms with Crippen molar-refractivity contribution in [2.75, 3.05) is 12.9 Å². The standard InChI is InChI=1S/C16H12Cl2N4O2S/c1-24-12-4-2-3-11(8-12)22-16(19-20-21-22)25-9-15(23)10-5-6-13(17)14(18)7-10/h2-8H,9H2,1H3. The highest BCUT2D eigenvalue weighted by atomic mass is 35.5. The number of hydrogen-bond donors (Lipinski definition) is 0. The van der Waals surface area contributed by atoms with Crippen molar-refractivity contribution in [3.05, 3.63) is 58.1 Å². The summed E-state index contributed by atoms with van der Waals surface area (Å²) in [5, 5.41) is 12.9. The molecule has 25 heavy (non-hydrogen) atoms. The molecule has 0 spiro atoms. The molecule has 0 aliphatic rings. The van der Waals surface area contributed by atoms with Crippen molar-refractivity contribution in [3.8, 4) is 11.4 Å². The van der Waals surface area contributed by atoms with Crippen LogP contribution in [0.3, 0.4) is 0 Å². The first-order valence-electron chi connectivity index (χ1n) is 7.12. The lowest BCUT2D eigenvalue weighted by Crippen LogP contribution is -2.05. The Balaban J connectivity index is 1.75. The first-order chi connectivity index (χ1) is 12.1. The highest BCUT2D eigenvalue weighted by molar-refractivity contribution is 7.99. The van der Waals surface area contributed by atoms with E-state index in [0.717, 1.165) is 5.69 Å². The Labute approximate surface area is 158 Å². The molecule has 3 aromatic rings. The SMILES string of the molecule is COc1cccc(-n2nnnc2SCC(=O)c2ccc(Cl)c(Cl)c2)c1. The second kappa shape index (κ2) is 7.86. The van der Waals surface area contributed by atoms with Gasteiger partial charge in [-0.1, -0.05) is 41.0 Å². The Morgan fingerprint density at radius 1 is 1.20 bits per heavy atom. The van der Waals surface area contributed by atoms with Crippen molar-refractivity contribution in [3.63, 3.8) is 0 Å². The van der Waals surface area contributed by atoms with Gasteiger partial charge in [-0.3, -0.25) is 4.79 Å². The molecule has 128 valence electrons. The molecule has 0 N–H and O–H groups in total. The van der Waals surface area contributed by atoms with Gasteiger partial charge < -0.3 is 4.74 Å². The molecule has 0 bridgehead atoms. The van der Waals surface area contributed by atoms with Crippen LogP contribution in [0.5, 0.6) is 5.75 Å². The summed E-state index contributed by atoms with van der Waals surface area (Å²) in [6, 6.07) is 12.1. The van der Waals surface area contributed by atoms with E-state index in [4.69, 9.17) is 27.9 Å². The molecule has 1 aromatic heterocycles. The van der Waals surface area contributed by atoms with Gasteiger partial charge in [0.1, 0.15) is 5.75 Å². The number of halogens is 2. The zero-order valence-corrected chi connectivity index (χ0v) is 15.3. The fourth-order valence-corrected chi connectivity index (χ4v) is 3.14. The zero-order chi connectivity index (χ0) is 17.8. The second-order valence-corrected chi connectivity index (χ2v) is 6.67. The van der Waals surface area contributed by atoms with E-state index in [1.807, 2.05) is 18.2 Å². The fraction of sp³-hybridized carbons (Fsp3) is 0.125. The maximum atomic E-state index is 12.3. The maximum Gasteiger partial charge on any atom is 0.214 e. The molecular weight excluding hydrogens is 383 g/mol. The number of methoxy groups -OCH3 is 1. The van der Waals surface area contributed by atoms with Gasteiger partial charge in [-0.05, 0) is 40.8 Å². The molecule has 0 saturated heterocycles. The van der Waals surface area contributed by atoms with Gasteiger partial charge in [0.2, 0.25) is 5.16 Å². The summed E-state index contributed by atoms with van der Waals surface area (Å²) in [6.07, 6.45) is 0. The van der Waals surface area contributed by atoms with E-state index in [-0.39, 0.29) is 11.5 Å². The van der Waals surface area contributed by atoms with Crippen LogP contribution >= 0.6 is 35.0 Å². The van der Waals surface area contributed by atoms with Crippen LogP contribution in [-0.4, -0.2) is 38.9 Å². The molecule has 0 saturated carbocycles. The summed E-state index contributed by atoms with van der Waals surface area (Å²) in [5.41, 5.74) is 1.23. The summed E-state index contributed by atoms with van der Waals surface area (Å²) < 4.78 is 6.75. The van der Waals surface area contributed by atoms with Crippen LogP contribution in [0.4, 0.5) is 0 Å². The largest absolute Gasteiger partial charge is 0.497 e. The van der Waals surface area contributed by atoms with Crippen LogP contribution in [0.15, 0.2) is 47.6 Å². The van der Waals surface area contributed by atoms with Gasteiger partial charge in [0.05, 0.1) is 28.6 Å². The van der Waals surface area contributed by atoms with Gasteiger partial charge >= 0.3 is 0 Å². The third-order valence-corrected chi connectivity index (χ3v) is 4.97. The number of nitrogens with zero attached hydrogens (tertiary/aromatic N) is 4. The van der Waals surface area contributed by atoms with Crippen LogP contribution in [0.25, 0.3) is 5.69 Å². The number of ether oxygens (including phenoxy) is 1. The first kappa shape index (κ1) is 17.7. The van der Waals surface area contributed by atoms with Gasteiger partial charge in [-0.25, -0.2) is 0 Å². The molecule has 9 heteroatoms. The third kappa shape index (κ3) is 4.12. The van der Waals surface area contributed by atoms with E-state index < -0.39 is 0 Å². The third-order valence-electron chi connectivity index (χ3n) is 3.31. The van der Waals surface area contributed by atoms with Gasteiger partial charge in [-0.15, -0.1) is 5.10 Å². The number of benzene rings is 2. The Morgan fingerprint density at radius 2 is 2.04 bits per heavy atom. The monoisotopic (exact) mass is 394 g/mol. The summed E-state index contributed by atoms with van der Waals surface area (Å²) in [5.74, 6) is 0.766. The zero-order valence-electron chi connectivity index (χ0n) is 13.0. The smallest absolute Gasteiger partial charge is 0.214 e. The number of Topliss-reactive ketones (excluding diaryl/α,β-unsaturated/α-hetero) is 1. The molecule has 0 atom stereocenters. The van der Waals surface area contributed by atoms with Crippen LogP contribution in [0.1, 0.15) is 10.4 Å². The topological polar surface area (TPSA) is 69.9 Å². The molecular formula is C16H12Cl2N4O2S. The number of carbonyl (C=O) groups is 1. The molecule has 6 nitrogen and oxygen atoms in total. The Bertz CT molecular complexity index is 917. The van der Waals surface area contributed by atoms with Gasteiger partial charge in [-0.2, -0.15) is 4.68 Å². The molecule has 0 amide bonds. The quantitative estimate of drug-likeness (QED) is 0.465. The van der Waals surface area contributed by atoms with Gasteiger partial charge in [0.15, 0.2) is 5.78 Å². The van der Waals surface area contributed by atoms with Crippen molar-refractivity contribution >= 4 is 40.7 Å². The number of thioether (sulfide) groups is 1. The minimum atomic E-state index is -0.0937. The van der Waals surface area contributed by atoms with Crippen molar-refractivity contribution in [2.45, 2.75) is 5.16 Å². The highest BCUT2D eigenvalue weighted by Gasteiger charge is 2.14. The van der Waals surface area contributed by atoms with Crippen molar-refractivity contribution in [2.24, 2.45) is 0 Å². The number of aromatic nitrogens is 4. The fourth-order valence-electron chi connectivity index (χ4n) is 2.06. The minimum Gasteiger partial charge on any atom is -0.497 e. The van der Waals surface area contributed by atoms with E-state index in [1.165, 1.54) is 11.8 Å². The van der Waals surface area contributed by atoms with Crippen LogP contribution in [0, 0.1) is 0 Å². The van der Waals surface area contributed by atoms with Crippen molar-refractivity contribution in [1.82, 2.24) is 20.2 Å². The van der Waals surface area contributed by atoms with Crippen LogP contribution < -0.4 is 4.74 Å². The average molecular weight is 395 g/mol. The molecule has 1 heterocycles. The van der Waals surface area contributed by atoms with Crippen LogP contribution in [0.2, 0.25) is 10.0 Å². The van der Waals surface area contributed by atoms with Gasteiger partial charge in [0.25, 0.3) is 0 Å². The summed E-state index contributed by atoms with van der Waals surface area (Å²) >= 11 is 13.1. The number of rotatable bonds is 6. The maximum absolute atomic E-state index is 12.3. The lowest BCUT2D eigenvalue weighted by molar-refractivity contribution is 0.102. The molecule has 3 rings (SSSR count).